The van der Waals surface area contributed by atoms with Crippen molar-refractivity contribution in [2.24, 2.45) is 0 Å². The number of hydrogen-bond donors (Lipinski definition) is 2. The second kappa shape index (κ2) is 5.57. The third-order valence-electron chi connectivity index (χ3n) is 4.89. The quantitative estimate of drug-likeness (QED) is 0.866. The van der Waals surface area contributed by atoms with Gasteiger partial charge in [0.05, 0.1) is 6.10 Å². The first-order valence-electron chi connectivity index (χ1n) is 7.74. The fourth-order valence-electron chi connectivity index (χ4n) is 3.45. The number of hydrogen-bond acceptors (Lipinski definition) is 2. The highest BCUT2D eigenvalue weighted by molar-refractivity contribution is 5.76. The van der Waals surface area contributed by atoms with Gasteiger partial charge in [-0.15, -0.1) is 0 Å². The molecule has 3 rings (SSSR count). The van der Waals surface area contributed by atoms with Crippen LogP contribution in [-0.4, -0.2) is 23.2 Å². The maximum atomic E-state index is 11.4. The van der Waals surface area contributed by atoms with Gasteiger partial charge in [0.1, 0.15) is 0 Å². The molecule has 2 atom stereocenters. The number of amides is 1. The van der Waals surface area contributed by atoms with Crippen molar-refractivity contribution in [3.05, 3.63) is 35.9 Å². The topological polar surface area (TPSA) is 49.3 Å². The Morgan fingerprint density at radius 1 is 1.30 bits per heavy atom. The van der Waals surface area contributed by atoms with E-state index in [1.807, 2.05) is 18.2 Å². The number of benzene rings is 1. The van der Waals surface area contributed by atoms with Crippen LogP contribution in [0.3, 0.4) is 0 Å². The van der Waals surface area contributed by atoms with Gasteiger partial charge >= 0.3 is 0 Å². The molecular weight excluding hydrogens is 250 g/mol. The molecular formula is C17H23NO2. The largest absolute Gasteiger partial charge is 0.392 e. The molecule has 1 saturated heterocycles. The van der Waals surface area contributed by atoms with E-state index in [0.29, 0.717) is 6.42 Å². The first-order chi connectivity index (χ1) is 9.71. The number of nitrogens with one attached hydrogen (secondary N) is 1. The summed E-state index contributed by atoms with van der Waals surface area (Å²) in [6, 6.07) is 10.6. The molecule has 0 unspecified atom stereocenters. The number of piperidine rings is 1. The summed E-state index contributed by atoms with van der Waals surface area (Å²) in [5.41, 5.74) is 1.25. The Bertz CT molecular complexity index is 467. The van der Waals surface area contributed by atoms with Crippen molar-refractivity contribution in [1.82, 2.24) is 5.32 Å². The third kappa shape index (κ3) is 2.73. The molecule has 1 aromatic rings. The molecule has 2 aliphatic rings. The Morgan fingerprint density at radius 2 is 2.05 bits per heavy atom. The fourth-order valence-corrected chi connectivity index (χ4v) is 3.45. The van der Waals surface area contributed by atoms with Crippen molar-refractivity contribution in [3.63, 3.8) is 0 Å². The van der Waals surface area contributed by atoms with E-state index in [9.17, 15) is 9.90 Å². The van der Waals surface area contributed by atoms with Crippen LogP contribution in [0.4, 0.5) is 0 Å². The van der Waals surface area contributed by atoms with E-state index in [4.69, 9.17) is 0 Å². The minimum absolute atomic E-state index is 0.0140. The molecule has 1 amide bonds. The monoisotopic (exact) mass is 273 g/mol. The SMILES string of the molecule is O=C1CCC[C@H](CC[C@@H](O)C2(c3ccccc3)CC2)N1. The van der Waals surface area contributed by atoms with Crippen molar-refractivity contribution < 1.29 is 9.90 Å². The van der Waals surface area contributed by atoms with Crippen molar-refractivity contribution in [2.75, 3.05) is 0 Å². The molecule has 1 aliphatic heterocycles. The van der Waals surface area contributed by atoms with E-state index < -0.39 is 0 Å². The first-order valence-corrected chi connectivity index (χ1v) is 7.74. The minimum atomic E-state index is -0.288. The van der Waals surface area contributed by atoms with Crippen molar-refractivity contribution >= 4 is 5.91 Å². The van der Waals surface area contributed by atoms with Gasteiger partial charge in [-0.2, -0.15) is 0 Å². The molecule has 0 aromatic heterocycles. The summed E-state index contributed by atoms with van der Waals surface area (Å²) in [5.74, 6) is 0.167. The second-order valence-corrected chi connectivity index (χ2v) is 6.27. The molecule has 1 aromatic carbocycles. The highest BCUT2D eigenvalue weighted by Crippen LogP contribution is 2.52. The van der Waals surface area contributed by atoms with E-state index in [2.05, 4.69) is 17.4 Å². The normalized spacial score (nSPS) is 25.9. The van der Waals surface area contributed by atoms with Crippen LogP contribution in [0.1, 0.15) is 50.5 Å². The zero-order valence-corrected chi connectivity index (χ0v) is 11.8. The maximum Gasteiger partial charge on any atom is 0.220 e. The molecule has 1 heterocycles. The maximum absolute atomic E-state index is 11.4. The number of aliphatic hydroxyl groups is 1. The Hall–Kier alpha value is -1.35. The Labute approximate surface area is 120 Å². The van der Waals surface area contributed by atoms with E-state index in [0.717, 1.165) is 38.5 Å². The Kier molecular flexibility index (Phi) is 3.79. The predicted octanol–water partition coefficient (Wildman–Crippen LogP) is 2.53. The molecule has 0 radical (unpaired) electrons. The fraction of sp³-hybridized carbons (Fsp3) is 0.588. The van der Waals surface area contributed by atoms with Crippen molar-refractivity contribution in [3.8, 4) is 0 Å². The zero-order valence-electron chi connectivity index (χ0n) is 11.8. The van der Waals surface area contributed by atoms with Crippen LogP contribution in [-0.2, 0) is 10.2 Å². The van der Waals surface area contributed by atoms with E-state index in [1.165, 1.54) is 5.56 Å². The molecule has 108 valence electrons. The Balaban J connectivity index is 1.57. The smallest absolute Gasteiger partial charge is 0.220 e. The number of rotatable bonds is 5. The molecule has 0 bridgehead atoms. The van der Waals surface area contributed by atoms with E-state index in [-0.39, 0.29) is 23.5 Å². The number of carbonyl (C=O) groups is 1. The lowest BCUT2D eigenvalue weighted by atomic mass is 9.86. The summed E-state index contributed by atoms with van der Waals surface area (Å²) in [4.78, 5) is 11.4. The van der Waals surface area contributed by atoms with Gasteiger partial charge < -0.3 is 10.4 Å². The zero-order chi connectivity index (χ0) is 14.0. The summed E-state index contributed by atoms with van der Waals surface area (Å²) in [5, 5.41) is 13.6. The van der Waals surface area contributed by atoms with Crippen LogP contribution in [0.25, 0.3) is 0 Å². The third-order valence-corrected chi connectivity index (χ3v) is 4.89. The first kappa shape index (κ1) is 13.6. The van der Waals surface area contributed by atoms with Gasteiger partial charge in [-0.3, -0.25) is 4.79 Å². The average Bonchev–Trinajstić information content (AvgIpc) is 3.27. The summed E-state index contributed by atoms with van der Waals surface area (Å²) in [6.07, 6.45) is 6.23. The van der Waals surface area contributed by atoms with Gasteiger partial charge in [-0.05, 0) is 44.1 Å². The highest BCUT2D eigenvalue weighted by atomic mass is 16.3. The summed E-state index contributed by atoms with van der Waals surface area (Å²) >= 11 is 0. The van der Waals surface area contributed by atoms with Crippen LogP contribution in [0.2, 0.25) is 0 Å². The van der Waals surface area contributed by atoms with Crippen LogP contribution in [0.15, 0.2) is 30.3 Å². The standard InChI is InChI=1S/C17H23NO2/c19-15(10-9-14-7-4-8-16(20)18-14)17(11-12-17)13-5-2-1-3-6-13/h1-3,5-6,14-15,19H,4,7-12H2,(H,18,20)/t14-,15-/m1/s1. The van der Waals surface area contributed by atoms with Crippen LogP contribution < -0.4 is 5.32 Å². The minimum Gasteiger partial charge on any atom is -0.392 e. The molecule has 3 heteroatoms. The molecule has 2 N–H and O–H groups in total. The second-order valence-electron chi connectivity index (χ2n) is 6.27. The molecule has 3 nitrogen and oxygen atoms in total. The Morgan fingerprint density at radius 3 is 2.70 bits per heavy atom. The molecule has 2 fully saturated rings. The van der Waals surface area contributed by atoms with Gasteiger partial charge in [0.2, 0.25) is 5.91 Å². The van der Waals surface area contributed by atoms with Crippen molar-refractivity contribution in [1.29, 1.82) is 0 Å². The van der Waals surface area contributed by atoms with E-state index in [1.54, 1.807) is 0 Å². The molecule has 0 spiro atoms. The lowest BCUT2D eigenvalue weighted by Gasteiger charge is -2.27. The lowest BCUT2D eigenvalue weighted by molar-refractivity contribution is -0.123. The van der Waals surface area contributed by atoms with Gasteiger partial charge in [-0.1, -0.05) is 30.3 Å². The van der Waals surface area contributed by atoms with Gasteiger partial charge in [0, 0.05) is 17.9 Å². The number of carbonyl (C=O) groups excluding carboxylic acids is 1. The predicted molar refractivity (Wildman–Crippen MR) is 78.4 cm³/mol. The number of aliphatic hydroxyl groups excluding tert-OH is 1. The molecule has 1 saturated carbocycles. The highest BCUT2D eigenvalue weighted by Gasteiger charge is 2.49. The van der Waals surface area contributed by atoms with Crippen LogP contribution in [0.5, 0.6) is 0 Å². The van der Waals surface area contributed by atoms with Gasteiger partial charge in [0.15, 0.2) is 0 Å². The molecule has 20 heavy (non-hydrogen) atoms. The molecule has 1 aliphatic carbocycles. The van der Waals surface area contributed by atoms with Crippen LogP contribution in [0, 0.1) is 0 Å². The average molecular weight is 273 g/mol. The summed E-state index contributed by atoms with van der Waals surface area (Å²) < 4.78 is 0. The summed E-state index contributed by atoms with van der Waals surface area (Å²) in [6.45, 7) is 0. The van der Waals surface area contributed by atoms with Crippen LogP contribution >= 0.6 is 0 Å². The van der Waals surface area contributed by atoms with Crippen molar-refractivity contribution in [2.45, 2.75) is 62.5 Å². The van der Waals surface area contributed by atoms with Gasteiger partial charge in [0.25, 0.3) is 0 Å². The van der Waals surface area contributed by atoms with E-state index >= 15 is 0 Å². The summed E-state index contributed by atoms with van der Waals surface area (Å²) in [7, 11) is 0. The lowest BCUT2D eigenvalue weighted by Crippen LogP contribution is -2.39. The van der Waals surface area contributed by atoms with Gasteiger partial charge in [-0.25, -0.2) is 0 Å².